The first-order chi connectivity index (χ1) is 9.88. The third-order valence-corrected chi connectivity index (χ3v) is 3.62. The van der Waals surface area contributed by atoms with Gasteiger partial charge < -0.3 is 15.4 Å². The SMILES string of the molecule is O=C(Nc1c(Br)cc(Br)cc1C(=O)O)c1cccc(=O)[nH]1. The number of hydrogen-bond donors (Lipinski definition) is 3. The fourth-order valence-electron chi connectivity index (χ4n) is 1.63. The number of H-pyrrole nitrogens is 1. The lowest BCUT2D eigenvalue weighted by atomic mass is 10.1. The lowest BCUT2D eigenvalue weighted by molar-refractivity contribution is 0.0698. The fourth-order valence-corrected chi connectivity index (χ4v) is 2.95. The van der Waals surface area contributed by atoms with Crippen molar-refractivity contribution in [2.75, 3.05) is 5.32 Å². The van der Waals surface area contributed by atoms with E-state index >= 15 is 0 Å². The lowest BCUT2D eigenvalue weighted by Crippen LogP contribution is -2.19. The average molecular weight is 416 g/mol. The van der Waals surface area contributed by atoms with Gasteiger partial charge >= 0.3 is 5.97 Å². The van der Waals surface area contributed by atoms with Gasteiger partial charge in [0.1, 0.15) is 5.69 Å². The molecule has 0 spiro atoms. The zero-order valence-corrected chi connectivity index (χ0v) is 13.5. The predicted octanol–water partition coefficient (Wildman–Crippen LogP) is 2.85. The van der Waals surface area contributed by atoms with Crippen LogP contribution in [0.4, 0.5) is 5.69 Å². The second-order valence-electron chi connectivity index (χ2n) is 4.00. The first-order valence-electron chi connectivity index (χ1n) is 5.61. The average Bonchev–Trinajstić information content (AvgIpc) is 2.41. The Hall–Kier alpha value is -1.93. The van der Waals surface area contributed by atoms with Crippen LogP contribution in [0.5, 0.6) is 0 Å². The van der Waals surface area contributed by atoms with Crippen LogP contribution in [-0.4, -0.2) is 22.0 Å². The fraction of sp³-hybridized carbons (Fsp3) is 0. The van der Waals surface area contributed by atoms with Gasteiger partial charge in [0.2, 0.25) is 5.56 Å². The molecule has 0 fully saturated rings. The number of aromatic nitrogens is 1. The Balaban J connectivity index is 2.42. The van der Waals surface area contributed by atoms with Gasteiger partial charge in [-0.25, -0.2) is 4.79 Å². The Labute approximate surface area is 135 Å². The van der Waals surface area contributed by atoms with Gasteiger partial charge in [0.15, 0.2) is 0 Å². The van der Waals surface area contributed by atoms with Crippen molar-refractivity contribution in [2.24, 2.45) is 0 Å². The highest BCUT2D eigenvalue weighted by molar-refractivity contribution is 9.11. The van der Waals surface area contributed by atoms with Gasteiger partial charge in [-0.05, 0) is 34.1 Å². The van der Waals surface area contributed by atoms with Crippen molar-refractivity contribution in [1.82, 2.24) is 4.98 Å². The van der Waals surface area contributed by atoms with Gasteiger partial charge in [-0.2, -0.15) is 0 Å². The molecule has 3 N–H and O–H groups in total. The molecule has 21 heavy (non-hydrogen) atoms. The third-order valence-electron chi connectivity index (χ3n) is 2.54. The van der Waals surface area contributed by atoms with Crippen LogP contribution in [0.15, 0.2) is 44.1 Å². The molecule has 1 heterocycles. The molecule has 2 aromatic rings. The molecule has 2 rings (SSSR count). The second kappa shape index (κ2) is 6.23. The predicted molar refractivity (Wildman–Crippen MR) is 83.8 cm³/mol. The molecule has 1 amide bonds. The number of anilines is 1. The summed E-state index contributed by atoms with van der Waals surface area (Å²) in [5, 5.41) is 11.7. The first-order valence-corrected chi connectivity index (χ1v) is 7.20. The van der Waals surface area contributed by atoms with Gasteiger partial charge in [-0.3, -0.25) is 9.59 Å². The monoisotopic (exact) mass is 414 g/mol. The van der Waals surface area contributed by atoms with E-state index in [1.165, 1.54) is 24.3 Å². The van der Waals surface area contributed by atoms with Crippen LogP contribution in [0.3, 0.4) is 0 Å². The molecule has 0 atom stereocenters. The molecule has 1 aromatic carbocycles. The number of pyridine rings is 1. The van der Waals surface area contributed by atoms with Crippen LogP contribution in [0.25, 0.3) is 0 Å². The Bertz CT molecular complexity index is 786. The zero-order valence-electron chi connectivity index (χ0n) is 10.3. The Morgan fingerprint density at radius 1 is 1.19 bits per heavy atom. The minimum absolute atomic E-state index is 0.0358. The summed E-state index contributed by atoms with van der Waals surface area (Å²) in [6.07, 6.45) is 0. The molecule has 0 radical (unpaired) electrons. The minimum atomic E-state index is -1.19. The molecular formula is C13H8Br2N2O4. The standard InChI is InChI=1S/C13H8Br2N2O4/c14-6-4-7(13(20)21)11(8(15)5-6)17-12(19)9-2-1-3-10(18)16-9/h1-5H,(H,16,18)(H,17,19)(H,20,21). The maximum Gasteiger partial charge on any atom is 0.337 e. The summed E-state index contributed by atoms with van der Waals surface area (Å²) in [4.78, 5) is 36.9. The van der Waals surface area contributed by atoms with Crippen molar-refractivity contribution in [3.63, 3.8) is 0 Å². The van der Waals surface area contributed by atoms with Crippen LogP contribution in [-0.2, 0) is 0 Å². The second-order valence-corrected chi connectivity index (χ2v) is 5.77. The maximum atomic E-state index is 12.1. The molecule has 108 valence electrons. The van der Waals surface area contributed by atoms with Crippen molar-refractivity contribution in [2.45, 2.75) is 0 Å². The Kier molecular flexibility index (Phi) is 4.59. The highest BCUT2D eigenvalue weighted by atomic mass is 79.9. The summed E-state index contributed by atoms with van der Waals surface area (Å²) in [7, 11) is 0. The van der Waals surface area contributed by atoms with Crippen molar-refractivity contribution >= 4 is 49.4 Å². The number of aromatic amines is 1. The van der Waals surface area contributed by atoms with Gasteiger partial charge in [-0.15, -0.1) is 0 Å². The number of hydrogen-bond acceptors (Lipinski definition) is 3. The van der Waals surface area contributed by atoms with Crippen LogP contribution < -0.4 is 10.9 Å². The number of aromatic carboxylic acids is 1. The summed E-state index contributed by atoms with van der Waals surface area (Å²) >= 11 is 6.38. The number of rotatable bonds is 3. The molecule has 0 aliphatic carbocycles. The van der Waals surface area contributed by atoms with Crippen LogP contribution in [0, 0.1) is 0 Å². The third kappa shape index (κ3) is 3.59. The normalized spacial score (nSPS) is 10.2. The number of carboxylic acid groups (broad SMARTS) is 1. The molecule has 0 aliphatic heterocycles. The van der Waals surface area contributed by atoms with E-state index in [-0.39, 0.29) is 16.9 Å². The number of carbonyl (C=O) groups excluding carboxylic acids is 1. The summed E-state index contributed by atoms with van der Waals surface area (Å²) in [6, 6.07) is 7.10. The van der Waals surface area contributed by atoms with E-state index in [1.54, 1.807) is 6.07 Å². The molecular weight excluding hydrogens is 408 g/mol. The van der Waals surface area contributed by atoms with E-state index in [4.69, 9.17) is 0 Å². The summed E-state index contributed by atoms with van der Waals surface area (Å²) < 4.78 is 0.957. The van der Waals surface area contributed by atoms with Crippen LogP contribution in [0.1, 0.15) is 20.8 Å². The van der Waals surface area contributed by atoms with Gasteiger partial charge in [0.05, 0.1) is 11.3 Å². The summed E-state index contributed by atoms with van der Waals surface area (Å²) in [5.41, 5.74) is -0.354. The van der Waals surface area contributed by atoms with E-state index in [0.717, 1.165) is 0 Å². The molecule has 1 aromatic heterocycles. The van der Waals surface area contributed by atoms with Crippen molar-refractivity contribution < 1.29 is 14.7 Å². The van der Waals surface area contributed by atoms with Crippen LogP contribution in [0.2, 0.25) is 0 Å². The molecule has 0 unspecified atom stereocenters. The lowest BCUT2D eigenvalue weighted by Gasteiger charge is -2.11. The van der Waals surface area contributed by atoms with E-state index in [0.29, 0.717) is 8.95 Å². The number of halogens is 2. The van der Waals surface area contributed by atoms with Gasteiger partial charge in [0.25, 0.3) is 5.91 Å². The molecule has 0 saturated heterocycles. The molecule has 8 heteroatoms. The molecule has 6 nitrogen and oxygen atoms in total. The van der Waals surface area contributed by atoms with E-state index < -0.39 is 17.4 Å². The topological polar surface area (TPSA) is 99.3 Å². The van der Waals surface area contributed by atoms with Crippen molar-refractivity contribution in [3.05, 3.63) is 60.9 Å². The first kappa shape index (κ1) is 15.5. The number of nitrogens with one attached hydrogen (secondary N) is 2. The minimum Gasteiger partial charge on any atom is -0.478 e. The van der Waals surface area contributed by atoms with E-state index in [1.807, 2.05) is 0 Å². The quantitative estimate of drug-likeness (QED) is 0.717. The number of carbonyl (C=O) groups is 2. The highest BCUT2D eigenvalue weighted by Crippen LogP contribution is 2.31. The number of carboxylic acids is 1. The van der Waals surface area contributed by atoms with Crippen molar-refractivity contribution in [1.29, 1.82) is 0 Å². The summed E-state index contributed by atoms with van der Waals surface area (Å²) in [6.45, 7) is 0. The molecule has 0 saturated carbocycles. The Morgan fingerprint density at radius 3 is 2.52 bits per heavy atom. The Morgan fingerprint density at radius 2 is 1.90 bits per heavy atom. The summed E-state index contributed by atoms with van der Waals surface area (Å²) in [5.74, 6) is -1.80. The number of amides is 1. The van der Waals surface area contributed by atoms with Crippen molar-refractivity contribution in [3.8, 4) is 0 Å². The van der Waals surface area contributed by atoms with Gasteiger partial charge in [-0.1, -0.05) is 22.0 Å². The molecule has 0 aliphatic rings. The van der Waals surface area contributed by atoms with E-state index in [2.05, 4.69) is 42.2 Å². The largest absolute Gasteiger partial charge is 0.478 e. The van der Waals surface area contributed by atoms with Gasteiger partial charge in [0, 0.05) is 15.0 Å². The molecule has 0 bridgehead atoms. The maximum absolute atomic E-state index is 12.1. The smallest absolute Gasteiger partial charge is 0.337 e. The number of benzene rings is 1. The van der Waals surface area contributed by atoms with Crippen LogP contribution >= 0.6 is 31.9 Å². The highest BCUT2D eigenvalue weighted by Gasteiger charge is 2.18. The van der Waals surface area contributed by atoms with E-state index in [9.17, 15) is 19.5 Å². The zero-order chi connectivity index (χ0) is 15.6.